The molecule has 0 amide bonds. The molecule has 2 heterocycles. The lowest BCUT2D eigenvalue weighted by molar-refractivity contribution is -0.0547. The summed E-state index contributed by atoms with van der Waals surface area (Å²) in [7, 11) is 2.25. The highest BCUT2D eigenvalue weighted by Crippen LogP contribution is 2.23. The molecule has 0 radical (unpaired) electrons. The van der Waals surface area contributed by atoms with Crippen molar-refractivity contribution in [3.63, 3.8) is 0 Å². The van der Waals surface area contributed by atoms with E-state index in [4.69, 9.17) is 9.47 Å². The molecule has 4 nitrogen and oxygen atoms in total. The third-order valence-corrected chi connectivity index (χ3v) is 5.17. The fourth-order valence-electron chi connectivity index (χ4n) is 3.91. The standard InChI is InChI=1S/C19H30N2O2/c1-16-14-21(15-17-6-4-3-5-7-17)11-8-18(16)20(2)10-9-19-22-12-13-23-19/h3-7,16,18-19H,8-15H2,1-2H3. The lowest BCUT2D eigenvalue weighted by Crippen LogP contribution is -2.49. The topological polar surface area (TPSA) is 24.9 Å². The average Bonchev–Trinajstić information content (AvgIpc) is 3.07. The van der Waals surface area contributed by atoms with Gasteiger partial charge in [-0.3, -0.25) is 4.90 Å². The molecular weight excluding hydrogens is 288 g/mol. The molecule has 1 aromatic rings. The van der Waals surface area contributed by atoms with E-state index in [-0.39, 0.29) is 6.29 Å². The van der Waals surface area contributed by atoms with Crippen LogP contribution in [0.3, 0.4) is 0 Å². The van der Waals surface area contributed by atoms with E-state index in [1.165, 1.54) is 25.1 Å². The summed E-state index contributed by atoms with van der Waals surface area (Å²) in [5, 5.41) is 0. The van der Waals surface area contributed by atoms with Crippen molar-refractivity contribution in [1.29, 1.82) is 0 Å². The molecule has 23 heavy (non-hydrogen) atoms. The Hall–Kier alpha value is -0.940. The van der Waals surface area contributed by atoms with Crippen LogP contribution in [0.25, 0.3) is 0 Å². The summed E-state index contributed by atoms with van der Waals surface area (Å²) in [6.07, 6.45) is 2.25. The van der Waals surface area contributed by atoms with Gasteiger partial charge < -0.3 is 14.4 Å². The van der Waals surface area contributed by atoms with Gasteiger partial charge in [0.1, 0.15) is 0 Å². The van der Waals surface area contributed by atoms with Gasteiger partial charge in [-0.1, -0.05) is 37.3 Å². The Balaban J connectivity index is 1.44. The predicted octanol–water partition coefficient (Wildman–Crippen LogP) is 2.59. The number of piperidine rings is 1. The Labute approximate surface area is 140 Å². The number of hydrogen-bond acceptors (Lipinski definition) is 4. The normalized spacial score (nSPS) is 26.9. The zero-order chi connectivity index (χ0) is 16.1. The first-order valence-electron chi connectivity index (χ1n) is 8.92. The minimum Gasteiger partial charge on any atom is -0.350 e. The first kappa shape index (κ1) is 16.9. The van der Waals surface area contributed by atoms with E-state index in [2.05, 4.69) is 54.1 Å². The molecule has 0 N–H and O–H groups in total. The maximum absolute atomic E-state index is 5.54. The Morgan fingerprint density at radius 2 is 1.91 bits per heavy atom. The van der Waals surface area contributed by atoms with Gasteiger partial charge in [0.2, 0.25) is 0 Å². The van der Waals surface area contributed by atoms with Crippen LogP contribution in [0.5, 0.6) is 0 Å². The Morgan fingerprint density at radius 1 is 1.17 bits per heavy atom. The van der Waals surface area contributed by atoms with Gasteiger partial charge in [0.25, 0.3) is 0 Å². The molecule has 0 spiro atoms. The van der Waals surface area contributed by atoms with E-state index < -0.39 is 0 Å². The summed E-state index contributed by atoms with van der Waals surface area (Å²) in [5.74, 6) is 0.697. The monoisotopic (exact) mass is 318 g/mol. The fraction of sp³-hybridized carbons (Fsp3) is 0.684. The maximum Gasteiger partial charge on any atom is 0.159 e. The largest absolute Gasteiger partial charge is 0.350 e. The number of rotatable bonds is 6. The van der Waals surface area contributed by atoms with E-state index in [0.717, 1.165) is 32.7 Å². The van der Waals surface area contributed by atoms with Crippen molar-refractivity contribution < 1.29 is 9.47 Å². The molecule has 0 saturated carbocycles. The summed E-state index contributed by atoms with van der Waals surface area (Å²) in [6.45, 7) is 8.39. The zero-order valence-electron chi connectivity index (χ0n) is 14.5. The molecule has 2 unspecified atom stereocenters. The van der Waals surface area contributed by atoms with E-state index >= 15 is 0 Å². The molecule has 3 rings (SSSR count). The van der Waals surface area contributed by atoms with E-state index in [1.807, 2.05) is 0 Å². The van der Waals surface area contributed by atoms with Crippen LogP contribution < -0.4 is 0 Å². The lowest BCUT2D eigenvalue weighted by atomic mass is 9.92. The first-order chi connectivity index (χ1) is 11.2. The highest BCUT2D eigenvalue weighted by molar-refractivity contribution is 5.14. The molecule has 0 bridgehead atoms. The lowest BCUT2D eigenvalue weighted by Gasteiger charge is -2.41. The SMILES string of the molecule is CC1CN(Cc2ccccc2)CCC1N(C)CCC1OCCO1. The van der Waals surface area contributed by atoms with E-state index in [1.54, 1.807) is 0 Å². The van der Waals surface area contributed by atoms with Crippen LogP contribution in [0, 0.1) is 5.92 Å². The van der Waals surface area contributed by atoms with Crippen LogP contribution in [-0.2, 0) is 16.0 Å². The van der Waals surface area contributed by atoms with Crippen LogP contribution in [0.15, 0.2) is 30.3 Å². The number of hydrogen-bond donors (Lipinski definition) is 0. The molecule has 2 aliphatic heterocycles. The van der Waals surface area contributed by atoms with Gasteiger partial charge >= 0.3 is 0 Å². The first-order valence-corrected chi connectivity index (χ1v) is 8.92. The number of nitrogens with zero attached hydrogens (tertiary/aromatic N) is 2. The second kappa shape index (κ2) is 8.25. The number of benzene rings is 1. The second-order valence-electron chi connectivity index (χ2n) is 6.99. The van der Waals surface area contributed by atoms with Gasteiger partial charge in [-0.25, -0.2) is 0 Å². The molecule has 1 aromatic carbocycles. The van der Waals surface area contributed by atoms with Gasteiger partial charge in [0, 0.05) is 32.1 Å². The van der Waals surface area contributed by atoms with Crippen molar-refractivity contribution in [2.45, 2.75) is 38.6 Å². The van der Waals surface area contributed by atoms with Crippen LogP contribution in [0.2, 0.25) is 0 Å². The van der Waals surface area contributed by atoms with Crippen LogP contribution >= 0.6 is 0 Å². The quantitative estimate of drug-likeness (QED) is 0.805. The van der Waals surface area contributed by atoms with Crippen molar-refractivity contribution in [3.8, 4) is 0 Å². The molecule has 4 heteroatoms. The molecule has 0 aromatic heterocycles. The molecule has 0 aliphatic carbocycles. The molecule has 2 atom stereocenters. The smallest absolute Gasteiger partial charge is 0.159 e. The van der Waals surface area contributed by atoms with Crippen molar-refractivity contribution in [1.82, 2.24) is 9.80 Å². The van der Waals surface area contributed by atoms with Gasteiger partial charge in [-0.15, -0.1) is 0 Å². The minimum absolute atomic E-state index is 0.0194. The highest BCUT2D eigenvalue weighted by Gasteiger charge is 2.29. The van der Waals surface area contributed by atoms with Crippen LogP contribution in [0.1, 0.15) is 25.3 Å². The summed E-state index contributed by atoms with van der Waals surface area (Å²) >= 11 is 0. The zero-order valence-corrected chi connectivity index (χ0v) is 14.5. The van der Waals surface area contributed by atoms with Crippen molar-refractivity contribution in [2.75, 3.05) is 39.9 Å². The van der Waals surface area contributed by atoms with Crippen LogP contribution in [-0.4, -0.2) is 62.0 Å². The van der Waals surface area contributed by atoms with Gasteiger partial charge in [0.15, 0.2) is 6.29 Å². The Bertz CT molecular complexity index is 462. The molecule has 2 aliphatic rings. The van der Waals surface area contributed by atoms with Crippen molar-refractivity contribution in [2.24, 2.45) is 5.92 Å². The predicted molar refractivity (Wildman–Crippen MR) is 92.2 cm³/mol. The molecule has 2 fully saturated rings. The van der Waals surface area contributed by atoms with E-state index in [0.29, 0.717) is 12.0 Å². The Morgan fingerprint density at radius 3 is 2.61 bits per heavy atom. The highest BCUT2D eigenvalue weighted by atomic mass is 16.7. The Kier molecular flexibility index (Phi) is 6.06. The third kappa shape index (κ3) is 4.77. The summed E-state index contributed by atoms with van der Waals surface area (Å²) in [6, 6.07) is 11.5. The van der Waals surface area contributed by atoms with Crippen LogP contribution in [0.4, 0.5) is 0 Å². The van der Waals surface area contributed by atoms with Crippen molar-refractivity contribution >= 4 is 0 Å². The second-order valence-corrected chi connectivity index (χ2v) is 6.99. The molecule has 2 saturated heterocycles. The fourth-order valence-corrected chi connectivity index (χ4v) is 3.91. The molecule has 128 valence electrons. The van der Waals surface area contributed by atoms with Gasteiger partial charge in [-0.2, -0.15) is 0 Å². The minimum atomic E-state index is 0.0194. The van der Waals surface area contributed by atoms with Gasteiger partial charge in [-0.05, 0) is 31.5 Å². The van der Waals surface area contributed by atoms with Gasteiger partial charge in [0.05, 0.1) is 13.2 Å². The molecular formula is C19H30N2O2. The number of ether oxygens (including phenoxy) is 2. The third-order valence-electron chi connectivity index (χ3n) is 5.17. The van der Waals surface area contributed by atoms with Crippen molar-refractivity contribution in [3.05, 3.63) is 35.9 Å². The maximum atomic E-state index is 5.54. The summed E-state index contributed by atoms with van der Waals surface area (Å²) in [5.41, 5.74) is 1.42. The van der Waals surface area contributed by atoms with E-state index in [9.17, 15) is 0 Å². The summed E-state index contributed by atoms with van der Waals surface area (Å²) in [4.78, 5) is 5.10. The summed E-state index contributed by atoms with van der Waals surface area (Å²) < 4.78 is 11.1. The number of likely N-dealkylation sites (tertiary alicyclic amines) is 1. The average molecular weight is 318 g/mol.